The molecule has 1 unspecified atom stereocenters. The molecule has 0 saturated carbocycles. The topological polar surface area (TPSA) is 92.4 Å². The highest BCUT2D eigenvalue weighted by Crippen LogP contribution is 2.29. The van der Waals surface area contributed by atoms with Crippen molar-refractivity contribution in [3.63, 3.8) is 0 Å². The lowest BCUT2D eigenvalue weighted by Gasteiger charge is -2.34. The lowest BCUT2D eigenvalue weighted by atomic mass is 9.98. The minimum Gasteiger partial charge on any atom is -0.497 e. The van der Waals surface area contributed by atoms with Gasteiger partial charge in [0.15, 0.2) is 0 Å². The van der Waals surface area contributed by atoms with Crippen molar-refractivity contribution >= 4 is 11.9 Å². The highest BCUT2D eigenvalue weighted by molar-refractivity contribution is 5.68. The Bertz CT molecular complexity index is 1290. The van der Waals surface area contributed by atoms with E-state index in [0.717, 1.165) is 18.5 Å². The Labute approximate surface area is 216 Å². The molecule has 1 N–H and O–H groups in total. The molecule has 4 rings (SSSR count). The number of rotatable bonds is 6. The molecule has 194 valence electrons. The molecule has 0 bridgehead atoms. The molecular formula is C28H32FN5O3. The number of nitrogens with one attached hydrogen (secondary N) is 1. The summed E-state index contributed by atoms with van der Waals surface area (Å²) in [5.74, 6) is 1.00. The van der Waals surface area contributed by atoms with Crippen LogP contribution in [0.3, 0.4) is 0 Å². The number of halogens is 1. The molecule has 1 fully saturated rings. The SMILES string of the molecule is COc1ccc(-n2nc(NCC3CCCN(C(=O)OC(C)(C)C)C3)cc2-c2ccc(C#N)c(F)c2)cc1. The predicted octanol–water partition coefficient (Wildman–Crippen LogP) is 5.62. The number of methoxy groups -OCH3 is 1. The molecule has 1 aliphatic heterocycles. The Morgan fingerprint density at radius 2 is 1.97 bits per heavy atom. The van der Waals surface area contributed by atoms with Crippen molar-refractivity contribution in [1.82, 2.24) is 14.7 Å². The summed E-state index contributed by atoms with van der Waals surface area (Å²) < 4.78 is 27.0. The van der Waals surface area contributed by atoms with E-state index in [1.165, 1.54) is 12.1 Å². The van der Waals surface area contributed by atoms with Crippen molar-refractivity contribution in [2.24, 2.45) is 5.92 Å². The lowest BCUT2D eigenvalue weighted by Crippen LogP contribution is -2.44. The van der Waals surface area contributed by atoms with E-state index < -0.39 is 11.4 Å². The van der Waals surface area contributed by atoms with Crippen LogP contribution in [0.2, 0.25) is 0 Å². The first-order valence-electron chi connectivity index (χ1n) is 12.3. The number of nitriles is 1. The standard InChI is InChI=1S/C28H32FN5O3/c1-28(2,3)37-27(35)33-13-5-6-19(18-33)17-31-26-15-25(20-7-8-21(16-30)24(29)14-20)34(32-26)22-9-11-23(36-4)12-10-22/h7-12,14-15,19H,5-6,13,17-18H2,1-4H3,(H,31,32). The monoisotopic (exact) mass is 505 g/mol. The molecule has 1 aromatic heterocycles. The number of carbonyl (C=O) groups excluding carboxylic acids is 1. The molecule has 3 aromatic rings. The van der Waals surface area contributed by atoms with Crippen molar-refractivity contribution in [3.05, 3.63) is 59.9 Å². The van der Waals surface area contributed by atoms with E-state index in [4.69, 9.17) is 19.8 Å². The highest BCUT2D eigenvalue weighted by Gasteiger charge is 2.27. The third kappa shape index (κ3) is 6.39. The van der Waals surface area contributed by atoms with Gasteiger partial charge in [0.2, 0.25) is 0 Å². The number of carbonyl (C=O) groups is 1. The molecule has 9 heteroatoms. The summed E-state index contributed by atoms with van der Waals surface area (Å²) in [6.45, 7) is 7.51. The van der Waals surface area contributed by atoms with E-state index >= 15 is 0 Å². The Morgan fingerprint density at radius 3 is 2.62 bits per heavy atom. The Morgan fingerprint density at radius 1 is 1.22 bits per heavy atom. The second kappa shape index (κ2) is 10.9. The third-order valence-electron chi connectivity index (χ3n) is 6.15. The number of hydrogen-bond acceptors (Lipinski definition) is 6. The Hall–Kier alpha value is -4.06. The Balaban J connectivity index is 1.55. The molecule has 8 nitrogen and oxygen atoms in total. The van der Waals surface area contributed by atoms with E-state index in [0.29, 0.717) is 42.5 Å². The molecule has 0 radical (unpaired) electrons. The van der Waals surface area contributed by atoms with Crippen LogP contribution in [0.1, 0.15) is 39.2 Å². The van der Waals surface area contributed by atoms with Gasteiger partial charge in [-0.2, -0.15) is 5.26 Å². The summed E-state index contributed by atoms with van der Waals surface area (Å²) in [6, 6.07) is 15.7. The second-order valence-corrected chi connectivity index (χ2v) is 10.1. The maximum atomic E-state index is 14.4. The van der Waals surface area contributed by atoms with E-state index in [2.05, 4.69) is 5.32 Å². The maximum Gasteiger partial charge on any atom is 0.410 e. The predicted molar refractivity (Wildman–Crippen MR) is 139 cm³/mol. The van der Waals surface area contributed by atoms with E-state index in [-0.39, 0.29) is 17.6 Å². The van der Waals surface area contributed by atoms with Crippen LogP contribution in [0.4, 0.5) is 15.0 Å². The van der Waals surface area contributed by atoms with Gasteiger partial charge in [0.25, 0.3) is 0 Å². The second-order valence-electron chi connectivity index (χ2n) is 10.1. The number of benzene rings is 2. The fourth-order valence-electron chi connectivity index (χ4n) is 4.33. The van der Waals surface area contributed by atoms with E-state index in [1.54, 1.807) is 22.8 Å². The van der Waals surface area contributed by atoms with Crippen molar-refractivity contribution in [2.75, 3.05) is 32.1 Å². The number of likely N-dealkylation sites (tertiary alicyclic amines) is 1. The minimum absolute atomic E-state index is 0.00977. The third-order valence-corrected chi connectivity index (χ3v) is 6.15. The molecule has 0 spiro atoms. The number of ether oxygens (including phenoxy) is 2. The average molecular weight is 506 g/mol. The number of hydrogen-bond donors (Lipinski definition) is 1. The first kappa shape index (κ1) is 26.0. The van der Waals surface area contributed by atoms with E-state index in [1.807, 2.05) is 57.2 Å². The van der Waals surface area contributed by atoms with Crippen LogP contribution in [-0.4, -0.2) is 53.1 Å². The molecule has 0 aliphatic carbocycles. The average Bonchev–Trinajstić information content (AvgIpc) is 3.31. The molecule has 1 saturated heterocycles. The highest BCUT2D eigenvalue weighted by atomic mass is 19.1. The van der Waals surface area contributed by atoms with Gasteiger partial charge in [-0.15, -0.1) is 5.10 Å². The minimum atomic E-state index is -0.582. The first-order chi connectivity index (χ1) is 17.7. The Kier molecular flexibility index (Phi) is 7.67. The summed E-state index contributed by atoms with van der Waals surface area (Å²) in [5, 5.41) is 17.3. The van der Waals surface area contributed by atoms with Crippen LogP contribution in [0, 0.1) is 23.1 Å². The molecule has 37 heavy (non-hydrogen) atoms. The quantitative estimate of drug-likeness (QED) is 0.468. The van der Waals surface area contributed by atoms with Gasteiger partial charge < -0.3 is 19.7 Å². The van der Waals surface area contributed by atoms with Gasteiger partial charge in [-0.25, -0.2) is 13.9 Å². The summed E-state index contributed by atoms with van der Waals surface area (Å²) in [7, 11) is 1.60. The zero-order valence-corrected chi connectivity index (χ0v) is 21.6. The van der Waals surface area contributed by atoms with E-state index in [9.17, 15) is 9.18 Å². The molecule has 2 aromatic carbocycles. The van der Waals surface area contributed by atoms with Gasteiger partial charge in [-0.1, -0.05) is 6.07 Å². The van der Waals surface area contributed by atoms with Crippen LogP contribution >= 0.6 is 0 Å². The van der Waals surface area contributed by atoms with Crippen molar-refractivity contribution in [3.8, 4) is 28.8 Å². The van der Waals surface area contributed by atoms with Gasteiger partial charge in [0, 0.05) is 31.3 Å². The van der Waals surface area contributed by atoms with Crippen LogP contribution in [-0.2, 0) is 4.74 Å². The van der Waals surface area contributed by atoms with Crippen molar-refractivity contribution in [2.45, 2.75) is 39.2 Å². The maximum absolute atomic E-state index is 14.4. The summed E-state index contributed by atoms with van der Waals surface area (Å²) >= 11 is 0. The van der Waals surface area contributed by atoms with Crippen LogP contribution in [0.25, 0.3) is 16.9 Å². The fourth-order valence-corrected chi connectivity index (χ4v) is 4.33. The zero-order valence-electron chi connectivity index (χ0n) is 21.6. The molecular weight excluding hydrogens is 473 g/mol. The number of anilines is 1. The van der Waals surface area contributed by atoms with Crippen molar-refractivity contribution < 1.29 is 18.7 Å². The molecule has 2 heterocycles. The van der Waals surface area contributed by atoms with Gasteiger partial charge >= 0.3 is 6.09 Å². The van der Waals surface area contributed by atoms with Gasteiger partial charge in [0.05, 0.1) is 24.1 Å². The van der Waals surface area contributed by atoms with Crippen LogP contribution in [0.15, 0.2) is 48.5 Å². The smallest absolute Gasteiger partial charge is 0.410 e. The van der Waals surface area contributed by atoms with Gasteiger partial charge in [-0.05, 0) is 75.9 Å². The molecule has 1 amide bonds. The summed E-state index contributed by atoms with van der Waals surface area (Å²) in [6.07, 6.45) is 1.60. The molecule has 1 aliphatic rings. The largest absolute Gasteiger partial charge is 0.497 e. The lowest BCUT2D eigenvalue weighted by molar-refractivity contribution is 0.0172. The van der Waals surface area contributed by atoms with Crippen LogP contribution < -0.4 is 10.1 Å². The van der Waals surface area contributed by atoms with Crippen LogP contribution in [0.5, 0.6) is 5.75 Å². The number of aromatic nitrogens is 2. The zero-order chi connectivity index (χ0) is 26.6. The van der Waals surface area contributed by atoms with Gasteiger partial charge in [-0.3, -0.25) is 0 Å². The van der Waals surface area contributed by atoms with Gasteiger partial charge in [0.1, 0.15) is 29.1 Å². The number of amides is 1. The number of piperidine rings is 1. The van der Waals surface area contributed by atoms with Crippen molar-refractivity contribution in [1.29, 1.82) is 5.26 Å². The summed E-state index contributed by atoms with van der Waals surface area (Å²) in [5.41, 5.74) is 1.52. The summed E-state index contributed by atoms with van der Waals surface area (Å²) in [4.78, 5) is 14.3. The molecule has 1 atom stereocenters. The normalized spacial score (nSPS) is 15.7. The first-order valence-corrected chi connectivity index (χ1v) is 12.3. The fraction of sp³-hybridized carbons (Fsp3) is 0.393. The number of nitrogens with zero attached hydrogens (tertiary/aromatic N) is 4.